The molecule has 1 fully saturated rings. The van der Waals surface area contributed by atoms with E-state index in [2.05, 4.69) is 122 Å². The van der Waals surface area contributed by atoms with Crippen molar-refractivity contribution in [1.29, 1.82) is 0 Å². The largest absolute Gasteiger partial charge is 0.372 e. The molecule has 0 N–H and O–H groups in total. The van der Waals surface area contributed by atoms with E-state index in [-0.39, 0.29) is 5.41 Å². The molecule has 2 nitrogen and oxygen atoms in total. The number of aryl methyl sites for hydroxylation is 2. The molecule has 3 aromatic carbocycles. The quantitative estimate of drug-likeness (QED) is 0.151. The first kappa shape index (κ1) is 30.6. The van der Waals surface area contributed by atoms with Gasteiger partial charge in [-0.25, -0.2) is 0 Å². The highest BCUT2D eigenvalue weighted by Crippen LogP contribution is 2.50. The predicted molar refractivity (Wildman–Crippen MR) is 190 cm³/mol. The number of hydrogen-bond donors (Lipinski definition) is 0. The molecule has 1 heterocycles. The summed E-state index contributed by atoms with van der Waals surface area (Å²) >= 11 is 0. The Labute approximate surface area is 267 Å². The molecule has 0 saturated heterocycles. The van der Waals surface area contributed by atoms with Crippen molar-refractivity contribution in [2.45, 2.75) is 91.9 Å². The van der Waals surface area contributed by atoms with Crippen molar-refractivity contribution in [2.75, 3.05) is 24.5 Å². The SMILES string of the molecule is CCN(CC)c1ccc(C=CC2=[N+](CCCCC3CCCC3)C3=C(c4ccccc4CC3)C2(C)Cc2ccccc2)c(C)c1. The highest BCUT2D eigenvalue weighted by molar-refractivity contribution is 6.10. The number of rotatable bonds is 12. The van der Waals surface area contributed by atoms with Crippen molar-refractivity contribution in [3.63, 3.8) is 0 Å². The predicted octanol–water partition coefficient (Wildman–Crippen LogP) is 10.3. The molecule has 3 aromatic rings. The summed E-state index contributed by atoms with van der Waals surface area (Å²) in [5.74, 6) is 0.971. The standard InChI is InChI=1S/C42H53N2/c1-5-43(6-2)37-26-23-35(32(3)30-37)25-28-40-42(4,31-34-19-8-7-9-20-34)41-38-22-13-12-21-36(38)24-27-39(41)44(40)29-15-14-18-33-16-10-11-17-33/h7-9,12-13,19-23,25-26,28,30,33H,5-6,10-11,14-18,24,27,29,31H2,1-4H3/q+1. The van der Waals surface area contributed by atoms with E-state index in [1.165, 1.54) is 84.2 Å². The van der Waals surface area contributed by atoms with Gasteiger partial charge in [-0.05, 0) is 98.9 Å². The van der Waals surface area contributed by atoms with Gasteiger partial charge in [-0.2, -0.15) is 4.58 Å². The lowest BCUT2D eigenvalue weighted by Gasteiger charge is -2.28. The second-order valence-electron chi connectivity index (χ2n) is 13.7. The Balaban J connectivity index is 1.40. The average Bonchev–Trinajstić information content (AvgIpc) is 3.64. The molecule has 0 amide bonds. The van der Waals surface area contributed by atoms with Crippen molar-refractivity contribution in [1.82, 2.24) is 0 Å². The topological polar surface area (TPSA) is 6.25 Å². The van der Waals surface area contributed by atoms with Crippen LogP contribution >= 0.6 is 0 Å². The van der Waals surface area contributed by atoms with Crippen LogP contribution < -0.4 is 4.90 Å². The van der Waals surface area contributed by atoms with Gasteiger partial charge in [-0.3, -0.25) is 0 Å². The van der Waals surface area contributed by atoms with E-state index >= 15 is 0 Å². The van der Waals surface area contributed by atoms with Gasteiger partial charge in [0.15, 0.2) is 11.4 Å². The van der Waals surface area contributed by atoms with E-state index in [9.17, 15) is 0 Å². The van der Waals surface area contributed by atoms with Crippen LogP contribution in [0.15, 0.2) is 84.6 Å². The Morgan fingerprint density at radius 3 is 2.36 bits per heavy atom. The van der Waals surface area contributed by atoms with Crippen molar-refractivity contribution in [2.24, 2.45) is 11.3 Å². The molecule has 1 unspecified atom stereocenters. The summed E-state index contributed by atoms with van der Waals surface area (Å²) in [4.78, 5) is 2.44. The minimum atomic E-state index is -0.0930. The summed E-state index contributed by atoms with van der Waals surface area (Å²) in [7, 11) is 0. The van der Waals surface area contributed by atoms with Gasteiger partial charge in [0.2, 0.25) is 0 Å². The molecular formula is C42H53N2+. The Kier molecular flexibility index (Phi) is 9.55. The molecule has 0 radical (unpaired) electrons. The Morgan fingerprint density at radius 1 is 0.864 bits per heavy atom. The number of nitrogens with zero attached hydrogens (tertiary/aromatic N) is 2. The molecule has 1 aliphatic heterocycles. The number of allylic oxidation sites excluding steroid dienone is 3. The van der Waals surface area contributed by atoms with E-state index in [4.69, 9.17) is 0 Å². The summed E-state index contributed by atoms with van der Waals surface area (Å²) < 4.78 is 2.78. The maximum absolute atomic E-state index is 2.78. The van der Waals surface area contributed by atoms with Crippen molar-refractivity contribution < 1.29 is 4.58 Å². The zero-order chi connectivity index (χ0) is 30.5. The number of unbranched alkanes of at least 4 members (excludes halogenated alkanes) is 1. The molecule has 0 bridgehead atoms. The lowest BCUT2D eigenvalue weighted by atomic mass is 9.69. The summed E-state index contributed by atoms with van der Waals surface area (Å²) in [6, 6.07) is 27.4. The van der Waals surface area contributed by atoms with E-state index in [0.717, 1.165) is 44.8 Å². The van der Waals surface area contributed by atoms with Gasteiger partial charge in [0.1, 0.15) is 6.54 Å². The van der Waals surface area contributed by atoms with Gasteiger partial charge in [-0.15, -0.1) is 0 Å². The molecule has 2 heteroatoms. The molecule has 3 aliphatic rings. The maximum Gasteiger partial charge on any atom is 0.192 e. The van der Waals surface area contributed by atoms with E-state index < -0.39 is 0 Å². The second kappa shape index (κ2) is 13.7. The first-order chi connectivity index (χ1) is 21.5. The lowest BCUT2D eigenvalue weighted by Crippen LogP contribution is -2.31. The molecule has 1 atom stereocenters. The second-order valence-corrected chi connectivity index (χ2v) is 13.7. The fourth-order valence-corrected chi connectivity index (χ4v) is 8.49. The fraction of sp³-hybridized carbons (Fsp3) is 0.452. The van der Waals surface area contributed by atoms with Gasteiger partial charge in [-0.1, -0.05) is 92.8 Å². The third kappa shape index (κ3) is 6.23. The van der Waals surface area contributed by atoms with E-state index in [1.54, 1.807) is 11.3 Å². The normalized spacial score (nSPS) is 20.1. The smallest absolute Gasteiger partial charge is 0.192 e. The third-order valence-electron chi connectivity index (χ3n) is 10.9. The zero-order valence-electron chi connectivity index (χ0n) is 27.7. The first-order valence-corrected chi connectivity index (χ1v) is 17.6. The minimum Gasteiger partial charge on any atom is -0.372 e. The van der Waals surface area contributed by atoms with Crippen LogP contribution in [0.5, 0.6) is 0 Å². The van der Waals surface area contributed by atoms with Gasteiger partial charge in [0, 0.05) is 43.3 Å². The molecule has 0 aromatic heterocycles. The van der Waals surface area contributed by atoms with Crippen LogP contribution in [-0.4, -0.2) is 29.9 Å². The average molecular weight is 586 g/mol. The molecule has 0 spiro atoms. The highest BCUT2D eigenvalue weighted by atomic mass is 15.1. The van der Waals surface area contributed by atoms with Gasteiger partial charge < -0.3 is 4.90 Å². The van der Waals surface area contributed by atoms with Crippen LogP contribution in [0.25, 0.3) is 11.6 Å². The Bertz CT molecular complexity index is 1530. The number of benzene rings is 3. The van der Waals surface area contributed by atoms with Crippen LogP contribution in [0.3, 0.4) is 0 Å². The third-order valence-corrected chi connectivity index (χ3v) is 10.9. The summed E-state index contributed by atoms with van der Waals surface area (Å²) in [5.41, 5.74) is 12.9. The van der Waals surface area contributed by atoms with Crippen LogP contribution in [0, 0.1) is 18.3 Å². The number of fused-ring (bicyclic) bond motifs is 2. The van der Waals surface area contributed by atoms with Gasteiger partial charge >= 0.3 is 0 Å². The molecular weight excluding hydrogens is 532 g/mol. The van der Waals surface area contributed by atoms with Gasteiger partial charge in [0.25, 0.3) is 0 Å². The highest BCUT2D eigenvalue weighted by Gasteiger charge is 2.51. The Morgan fingerprint density at radius 2 is 1.61 bits per heavy atom. The first-order valence-electron chi connectivity index (χ1n) is 17.6. The molecule has 6 rings (SSSR count). The molecule has 44 heavy (non-hydrogen) atoms. The zero-order valence-corrected chi connectivity index (χ0v) is 27.7. The van der Waals surface area contributed by atoms with Crippen LogP contribution in [-0.2, 0) is 12.8 Å². The van der Waals surface area contributed by atoms with Crippen molar-refractivity contribution in [3.8, 4) is 0 Å². The molecule has 2 aliphatic carbocycles. The summed E-state index contributed by atoms with van der Waals surface area (Å²) in [5, 5.41) is 0. The molecule has 1 saturated carbocycles. The minimum absolute atomic E-state index is 0.0930. The van der Waals surface area contributed by atoms with Gasteiger partial charge in [0.05, 0.1) is 5.41 Å². The number of hydrogen-bond acceptors (Lipinski definition) is 1. The van der Waals surface area contributed by atoms with E-state index in [1.807, 2.05) is 0 Å². The monoisotopic (exact) mass is 585 g/mol. The maximum atomic E-state index is 2.78. The van der Waals surface area contributed by atoms with Crippen LogP contribution in [0.4, 0.5) is 5.69 Å². The number of anilines is 1. The van der Waals surface area contributed by atoms with Crippen LogP contribution in [0.1, 0.15) is 100.0 Å². The summed E-state index contributed by atoms with van der Waals surface area (Å²) in [6.07, 6.45) is 18.0. The van der Waals surface area contributed by atoms with E-state index in [0.29, 0.717) is 0 Å². The van der Waals surface area contributed by atoms with Crippen LogP contribution in [0.2, 0.25) is 0 Å². The van der Waals surface area contributed by atoms with Crippen molar-refractivity contribution >= 4 is 23.0 Å². The summed E-state index contributed by atoms with van der Waals surface area (Å²) in [6.45, 7) is 12.5. The Hall–Kier alpha value is -3.39. The lowest BCUT2D eigenvalue weighted by molar-refractivity contribution is -0.477. The molecule has 230 valence electrons. The fourth-order valence-electron chi connectivity index (χ4n) is 8.49. The van der Waals surface area contributed by atoms with Crippen molar-refractivity contribution in [3.05, 3.63) is 112 Å².